The van der Waals surface area contributed by atoms with Crippen LogP contribution in [-0.2, 0) is 0 Å². The zero-order valence-electron chi connectivity index (χ0n) is 26.6. The maximum absolute atomic E-state index is 6.47. The first kappa shape index (κ1) is 34.9. The van der Waals surface area contributed by atoms with Gasteiger partial charge < -0.3 is 16.0 Å². The fraction of sp³-hybridized carbons (Fsp3) is 0.500. The molecule has 0 amide bonds. The number of nitrogens with zero attached hydrogens (tertiary/aromatic N) is 1. The van der Waals surface area contributed by atoms with Gasteiger partial charge in [0.05, 0.1) is 5.69 Å². The minimum Gasteiger partial charge on any atom is -0.402 e. The van der Waals surface area contributed by atoms with Crippen LogP contribution in [0.5, 0.6) is 0 Å². The van der Waals surface area contributed by atoms with Crippen molar-refractivity contribution in [2.24, 2.45) is 11.7 Å². The van der Waals surface area contributed by atoms with Crippen LogP contribution in [0.4, 0.5) is 0 Å². The lowest BCUT2D eigenvalue weighted by Gasteiger charge is -2.33. The van der Waals surface area contributed by atoms with Crippen molar-refractivity contribution < 1.29 is 0 Å². The zero-order valence-corrected chi connectivity index (χ0v) is 26.6. The Morgan fingerprint density at radius 2 is 1.82 bits per heavy atom. The summed E-state index contributed by atoms with van der Waals surface area (Å²) in [7, 11) is 0. The number of likely N-dealkylation sites (N-methyl/N-ethyl adjacent to an activating group) is 1. The molecule has 0 radical (unpaired) electrons. The summed E-state index contributed by atoms with van der Waals surface area (Å²) in [6.45, 7) is 25.5. The fourth-order valence-electron chi connectivity index (χ4n) is 5.34. The summed E-state index contributed by atoms with van der Waals surface area (Å²) in [4.78, 5) is 6.32. The van der Waals surface area contributed by atoms with Crippen LogP contribution in [0, 0.1) is 18.8 Å². The van der Waals surface area contributed by atoms with Crippen LogP contribution < -0.4 is 11.1 Å². The molecule has 1 aliphatic rings. The van der Waals surface area contributed by atoms with E-state index in [9.17, 15) is 0 Å². The molecule has 1 saturated heterocycles. The lowest BCUT2D eigenvalue weighted by atomic mass is 9.87. The molecule has 0 bridgehead atoms. The monoisotopic (exact) mass is 544 g/mol. The number of piperidine rings is 1. The fourth-order valence-corrected chi connectivity index (χ4v) is 5.34. The number of nitrogens with two attached hydrogens (primary N) is 1. The van der Waals surface area contributed by atoms with Crippen molar-refractivity contribution in [2.45, 2.75) is 86.5 Å². The van der Waals surface area contributed by atoms with E-state index < -0.39 is 0 Å². The molecule has 0 aliphatic carbocycles. The number of fused-ring (bicyclic) bond motifs is 1. The van der Waals surface area contributed by atoms with Crippen LogP contribution in [0.1, 0.15) is 103 Å². The smallest absolute Gasteiger partial charge is 0.0500 e. The number of hydrogen-bond acceptors (Lipinski definition) is 3. The number of hydrogen-bond donors (Lipinski definition) is 3. The average molecular weight is 545 g/mol. The molecule has 1 unspecified atom stereocenters. The number of terminal acetylenes is 1. The highest BCUT2D eigenvalue weighted by atomic mass is 15.1. The van der Waals surface area contributed by atoms with Crippen molar-refractivity contribution in [2.75, 3.05) is 26.2 Å². The van der Waals surface area contributed by atoms with Crippen molar-refractivity contribution in [3.05, 3.63) is 77.3 Å². The molecule has 1 aromatic carbocycles. The Balaban J connectivity index is 0.00000191. The number of aromatic nitrogens is 1. The molecule has 220 valence electrons. The average Bonchev–Trinajstić information content (AvgIpc) is 3.37. The van der Waals surface area contributed by atoms with Gasteiger partial charge in [-0.05, 0) is 98.9 Å². The summed E-state index contributed by atoms with van der Waals surface area (Å²) in [5.41, 5.74) is 15.0. The van der Waals surface area contributed by atoms with Gasteiger partial charge in [-0.2, -0.15) is 0 Å². The summed E-state index contributed by atoms with van der Waals surface area (Å²) in [6.07, 6.45) is 19.7. The first-order valence-corrected chi connectivity index (χ1v) is 15.2. The van der Waals surface area contributed by atoms with E-state index in [1.807, 2.05) is 19.9 Å². The molecular formula is C36H56N4. The van der Waals surface area contributed by atoms with Crippen LogP contribution in [0.15, 0.2) is 60.5 Å². The second kappa shape index (κ2) is 18.2. The van der Waals surface area contributed by atoms with E-state index >= 15 is 0 Å². The summed E-state index contributed by atoms with van der Waals surface area (Å²) in [6, 6.07) is 7.07. The topological polar surface area (TPSA) is 57.1 Å². The SMILES string of the molecule is C#C.C=C/C=C(\C=C(\N)C(C)CC)c1[nH]c2ccc(C3CCN(C/C(=C/C)NCC)CC3)cc2c1C(C)C.CC. The van der Waals surface area contributed by atoms with Crippen molar-refractivity contribution in [1.29, 1.82) is 0 Å². The molecule has 0 saturated carbocycles. The Bertz CT molecular complexity index is 1150. The van der Waals surface area contributed by atoms with Crippen LogP contribution in [0.25, 0.3) is 16.5 Å². The van der Waals surface area contributed by atoms with E-state index in [1.165, 1.54) is 46.3 Å². The molecule has 3 rings (SSSR count). The third kappa shape index (κ3) is 9.20. The lowest BCUT2D eigenvalue weighted by Crippen LogP contribution is -2.36. The van der Waals surface area contributed by atoms with Crippen LogP contribution in [0.2, 0.25) is 0 Å². The summed E-state index contributed by atoms with van der Waals surface area (Å²) in [5, 5.41) is 4.84. The predicted molar refractivity (Wildman–Crippen MR) is 179 cm³/mol. The first-order chi connectivity index (χ1) is 19.3. The Morgan fingerprint density at radius 1 is 1.18 bits per heavy atom. The lowest BCUT2D eigenvalue weighted by molar-refractivity contribution is 0.225. The van der Waals surface area contributed by atoms with Crippen molar-refractivity contribution >= 4 is 16.5 Å². The molecule has 2 aromatic rings. The van der Waals surface area contributed by atoms with Crippen molar-refractivity contribution in [1.82, 2.24) is 15.2 Å². The molecular weight excluding hydrogens is 488 g/mol. The summed E-state index contributed by atoms with van der Waals surface area (Å²) >= 11 is 0. The Hall–Kier alpha value is -3.16. The van der Waals surface area contributed by atoms with Gasteiger partial charge in [-0.25, -0.2) is 0 Å². The number of benzene rings is 1. The van der Waals surface area contributed by atoms with Gasteiger partial charge in [0.2, 0.25) is 0 Å². The van der Waals surface area contributed by atoms with Gasteiger partial charge >= 0.3 is 0 Å². The maximum atomic E-state index is 6.47. The molecule has 4 N–H and O–H groups in total. The number of H-pyrrole nitrogens is 1. The molecule has 2 heterocycles. The minimum absolute atomic E-state index is 0.351. The third-order valence-electron chi connectivity index (χ3n) is 7.74. The van der Waals surface area contributed by atoms with E-state index in [2.05, 4.69) is 113 Å². The Morgan fingerprint density at radius 3 is 2.35 bits per heavy atom. The van der Waals surface area contributed by atoms with Gasteiger partial charge in [0, 0.05) is 35.4 Å². The van der Waals surface area contributed by atoms with E-state index in [-0.39, 0.29) is 0 Å². The molecule has 1 fully saturated rings. The predicted octanol–water partition coefficient (Wildman–Crippen LogP) is 8.72. The van der Waals surface area contributed by atoms with E-state index in [1.54, 1.807) is 0 Å². The number of rotatable bonds is 11. The number of nitrogens with one attached hydrogen (secondary N) is 2. The van der Waals surface area contributed by atoms with Crippen molar-refractivity contribution in [3.63, 3.8) is 0 Å². The van der Waals surface area contributed by atoms with Gasteiger partial charge in [0.25, 0.3) is 0 Å². The highest BCUT2D eigenvalue weighted by molar-refractivity contribution is 5.92. The number of likely N-dealkylation sites (tertiary alicyclic amines) is 1. The van der Waals surface area contributed by atoms with Crippen LogP contribution in [-0.4, -0.2) is 36.1 Å². The summed E-state index contributed by atoms with van der Waals surface area (Å²) < 4.78 is 0. The van der Waals surface area contributed by atoms with E-state index in [0.29, 0.717) is 17.8 Å². The van der Waals surface area contributed by atoms with Crippen molar-refractivity contribution in [3.8, 4) is 12.8 Å². The normalized spacial score (nSPS) is 16.1. The van der Waals surface area contributed by atoms with Gasteiger partial charge in [-0.1, -0.05) is 72.4 Å². The molecule has 1 aliphatic heterocycles. The molecule has 40 heavy (non-hydrogen) atoms. The standard InChI is InChI=1S/C32H48N4.C2H6.C2H2/c1-8-12-26(20-29(33)23(7)9-2)32-31(22(5)6)28-19-25(13-14-30(28)35-32)24-15-17-36(18-16-24)21-27(10-3)34-11-4;2*1-2/h8,10,12-14,19-20,22-24,34-35H,1,9,11,15-18,21,33H2,2-7H3;1-2H3;1-2H/b26-12+,27-10-,29-20+;;. The zero-order chi connectivity index (χ0) is 30.2. The Kier molecular flexibility index (Phi) is 15.9. The highest BCUT2D eigenvalue weighted by Crippen LogP contribution is 2.37. The van der Waals surface area contributed by atoms with Gasteiger partial charge in [0.15, 0.2) is 0 Å². The van der Waals surface area contributed by atoms with Gasteiger partial charge in [-0.3, -0.25) is 4.90 Å². The van der Waals surface area contributed by atoms with Crippen LogP contribution in [0.3, 0.4) is 0 Å². The maximum Gasteiger partial charge on any atom is 0.0500 e. The number of aromatic amines is 1. The Labute approximate surface area is 245 Å². The van der Waals surface area contributed by atoms with E-state index in [4.69, 9.17) is 5.73 Å². The molecule has 1 aromatic heterocycles. The van der Waals surface area contributed by atoms with E-state index in [0.717, 1.165) is 43.9 Å². The van der Waals surface area contributed by atoms with Gasteiger partial charge in [-0.15, -0.1) is 12.8 Å². The molecule has 0 spiro atoms. The quantitative estimate of drug-likeness (QED) is 0.196. The van der Waals surface area contributed by atoms with Gasteiger partial charge in [0.1, 0.15) is 0 Å². The second-order valence-corrected chi connectivity index (χ2v) is 10.6. The molecule has 1 atom stereocenters. The molecule has 4 heteroatoms. The highest BCUT2D eigenvalue weighted by Gasteiger charge is 2.23. The minimum atomic E-state index is 0.351. The largest absolute Gasteiger partial charge is 0.402 e. The second-order valence-electron chi connectivity index (χ2n) is 10.6. The number of allylic oxidation sites excluding steroid dienone is 6. The third-order valence-corrected chi connectivity index (χ3v) is 7.74. The first-order valence-electron chi connectivity index (χ1n) is 15.2. The summed E-state index contributed by atoms with van der Waals surface area (Å²) in [5.74, 6) is 1.35. The van der Waals surface area contributed by atoms with Crippen LogP contribution >= 0.6 is 0 Å². The molecule has 4 nitrogen and oxygen atoms in total.